The molecule has 0 saturated carbocycles. The van der Waals surface area contributed by atoms with Crippen LogP contribution in [0.1, 0.15) is 69.2 Å². The lowest BCUT2D eigenvalue weighted by atomic mass is 10.1. The summed E-state index contributed by atoms with van der Waals surface area (Å²) in [6, 6.07) is 12.6. The Morgan fingerprint density at radius 3 is 2.34 bits per heavy atom. The molecule has 7 nitrogen and oxygen atoms in total. The van der Waals surface area contributed by atoms with Crippen LogP contribution in [0.25, 0.3) is 0 Å². The minimum Gasteiger partial charge on any atom is -0.494 e. The van der Waals surface area contributed by atoms with Crippen molar-refractivity contribution in [1.82, 2.24) is 10.2 Å². The van der Waals surface area contributed by atoms with Crippen LogP contribution in [0, 0.1) is 0 Å². The molecule has 0 aromatic heterocycles. The van der Waals surface area contributed by atoms with Crippen LogP contribution in [0.4, 0.5) is 5.69 Å². The Labute approximate surface area is 209 Å². The Balaban J connectivity index is 1.70. The van der Waals surface area contributed by atoms with E-state index in [2.05, 4.69) is 29.4 Å². The van der Waals surface area contributed by atoms with Crippen molar-refractivity contribution in [3.05, 3.63) is 48.0 Å². The first kappa shape index (κ1) is 26.5. The molecule has 7 heteroatoms. The van der Waals surface area contributed by atoms with E-state index in [1.165, 1.54) is 6.42 Å². The summed E-state index contributed by atoms with van der Waals surface area (Å²) in [6.07, 6.45) is 7.47. The van der Waals surface area contributed by atoms with Crippen molar-refractivity contribution < 1.29 is 19.1 Å². The Morgan fingerprint density at radius 1 is 0.914 bits per heavy atom. The quantitative estimate of drug-likeness (QED) is 0.364. The SMILES string of the molecule is CCCCNC(=O)c1cc(NC(=O)CN2CCCCC2)ccc1Oc1ccc(OCCCC)cc1. The number of carbonyl (C=O) groups is 2. The van der Waals surface area contributed by atoms with E-state index in [1.807, 2.05) is 24.3 Å². The third kappa shape index (κ3) is 8.91. The van der Waals surface area contributed by atoms with E-state index in [1.54, 1.807) is 18.2 Å². The van der Waals surface area contributed by atoms with Crippen molar-refractivity contribution >= 4 is 17.5 Å². The van der Waals surface area contributed by atoms with Gasteiger partial charge in [0.1, 0.15) is 17.2 Å². The third-order valence-electron chi connectivity index (χ3n) is 5.96. The van der Waals surface area contributed by atoms with Gasteiger partial charge in [-0.2, -0.15) is 0 Å². The number of benzene rings is 2. The van der Waals surface area contributed by atoms with Crippen molar-refractivity contribution in [2.75, 3.05) is 38.1 Å². The zero-order chi connectivity index (χ0) is 24.9. The van der Waals surface area contributed by atoms with Gasteiger partial charge in [0.25, 0.3) is 5.91 Å². The molecule has 35 heavy (non-hydrogen) atoms. The van der Waals surface area contributed by atoms with Gasteiger partial charge in [-0.05, 0) is 81.2 Å². The summed E-state index contributed by atoms with van der Waals surface area (Å²) in [7, 11) is 0. The zero-order valence-electron chi connectivity index (χ0n) is 21.1. The number of anilines is 1. The second-order valence-corrected chi connectivity index (χ2v) is 8.98. The summed E-state index contributed by atoms with van der Waals surface area (Å²) in [5.74, 6) is 1.54. The Hall–Kier alpha value is -3.06. The molecule has 2 N–H and O–H groups in total. The van der Waals surface area contributed by atoms with E-state index in [9.17, 15) is 9.59 Å². The van der Waals surface area contributed by atoms with Gasteiger partial charge in [-0.15, -0.1) is 0 Å². The Bertz CT molecular complexity index is 940. The molecule has 1 aliphatic rings. The van der Waals surface area contributed by atoms with Crippen molar-refractivity contribution in [3.63, 3.8) is 0 Å². The van der Waals surface area contributed by atoms with Crippen LogP contribution in [0.3, 0.4) is 0 Å². The number of hydrogen-bond acceptors (Lipinski definition) is 5. The molecule has 0 atom stereocenters. The maximum atomic E-state index is 13.0. The van der Waals surface area contributed by atoms with E-state index < -0.39 is 0 Å². The largest absolute Gasteiger partial charge is 0.494 e. The molecule has 0 spiro atoms. The number of nitrogens with one attached hydrogen (secondary N) is 2. The molecule has 2 aromatic carbocycles. The van der Waals surface area contributed by atoms with Crippen molar-refractivity contribution in [1.29, 1.82) is 0 Å². The monoisotopic (exact) mass is 481 g/mol. The lowest BCUT2D eigenvalue weighted by Crippen LogP contribution is -2.36. The summed E-state index contributed by atoms with van der Waals surface area (Å²) >= 11 is 0. The maximum absolute atomic E-state index is 13.0. The minimum atomic E-state index is -0.222. The molecular weight excluding hydrogens is 442 g/mol. The highest BCUT2D eigenvalue weighted by Crippen LogP contribution is 2.29. The average molecular weight is 482 g/mol. The molecule has 190 valence electrons. The van der Waals surface area contributed by atoms with E-state index in [4.69, 9.17) is 9.47 Å². The van der Waals surface area contributed by atoms with Gasteiger partial charge in [0.05, 0.1) is 18.7 Å². The van der Waals surface area contributed by atoms with E-state index in [0.29, 0.717) is 42.4 Å². The minimum absolute atomic E-state index is 0.0726. The lowest BCUT2D eigenvalue weighted by molar-refractivity contribution is -0.117. The van der Waals surface area contributed by atoms with Crippen LogP contribution >= 0.6 is 0 Å². The molecule has 3 rings (SSSR count). The fraction of sp³-hybridized carbons (Fsp3) is 0.500. The van der Waals surface area contributed by atoms with Crippen LogP contribution in [0.2, 0.25) is 0 Å². The molecule has 1 heterocycles. The standard InChI is InChI=1S/C28H39N3O4/c1-3-5-16-29-28(33)25-20-22(30-27(32)21-31-17-8-7-9-18-31)10-15-26(25)35-24-13-11-23(12-14-24)34-19-6-4-2/h10-15,20H,3-9,16-19,21H2,1-2H3,(H,29,33)(H,30,32). The normalized spacial score (nSPS) is 13.8. The van der Waals surface area contributed by atoms with Crippen LogP contribution in [0.15, 0.2) is 42.5 Å². The number of nitrogens with zero attached hydrogens (tertiary/aromatic N) is 1. The second-order valence-electron chi connectivity index (χ2n) is 8.98. The highest BCUT2D eigenvalue weighted by atomic mass is 16.5. The molecule has 1 aliphatic heterocycles. The Kier molecular flexibility index (Phi) is 10.9. The van der Waals surface area contributed by atoms with Gasteiger partial charge in [0.2, 0.25) is 5.91 Å². The van der Waals surface area contributed by atoms with Gasteiger partial charge in [-0.3, -0.25) is 14.5 Å². The van der Waals surface area contributed by atoms with Gasteiger partial charge in [0.15, 0.2) is 0 Å². The zero-order valence-corrected chi connectivity index (χ0v) is 21.1. The average Bonchev–Trinajstić information content (AvgIpc) is 2.87. The molecule has 1 saturated heterocycles. The van der Waals surface area contributed by atoms with Gasteiger partial charge in [-0.25, -0.2) is 0 Å². The molecule has 2 aromatic rings. The molecule has 1 fully saturated rings. The first-order valence-electron chi connectivity index (χ1n) is 12.9. The summed E-state index contributed by atoms with van der Waals surface area (Å²) in [5, 5.41) is 5.89. The predicted molar refractivity (Wildman–Crippen MR) is 140 cm³/mol. The van der Waals surface area contributed by atoms with Gasteiger partial charge < -0.3 is 20.1 Å². The highest BCUT2D eigenvalue weighted by Gasteiger charge is 2.17. The summed E-state index contributed by atoms with van der Waals surface area (Å²) in [4.78, 5) is 27.7. The smallest absolute Gasteiger partial charge is 0.255 e. The molecule has 0 unspecified atom stereocenters. The second kappa shape index (κ2) is 14.4. The molecule has 0 radical (unpaired) electrons. The van der Waals surface area contributed by atoms with Crippen molar-refractivity contribution in [2.45, 2.75) is 58.8 Å². The molecular formula is C28H39N3O4. The summed E-state index contributed by atoms with van der Waals surface area (Å²) < 4.78 is 11.8. The molecule has 2 amide bonds. The lowest BCUT2D eigenvalue weighted by Gasteiger charge is -2.25. The number of hydrogen-bond donors (Lipinski definition) is 2. The Morgan fingerprint density at radius 2 is 1.63 bits per heavy atom. The first-order valence-corrected chi connectivity index (χ1v) is 12.9. The number of ether oxygens (including phenoxy) is 2. The van der Waals surface area contributed by atoms with Gasteiger partial charge >= 0.3 is 0 Å². The fourth-order valence-corrected chi connectivity index (χ4v) is 3.93. The molecule has 0 bridgehead atoms. The van der Waals surface area contributed by atoms with E-state index >= 15 is 0 Å². The number of amides is 2. The number of likely N-dealkylation sites (tertiary alicyclic amines) is 1. The summed E-state index contributed by atoms with van der Waals surface area (Å²) in [5.41, 5.74) is 0.972. The number of rotatable bonds is 13. The van der Waals surface area contributed by atoms with Crippen molar-refractivity contribution in [2.24, 2.45) is 0 Å². The topological polar surface area (TPSA) is 79.9 Å². The first-order chi connectivity index (χ1) is 17.1. The number of carbonyl (C=O) groups excluding carboxylic acids is 2. The van der Waals surface area contributed by atoms with Crippen LogP contribution in [0.5, 0.6) is 17.2 Å². The number of piperidine rings is 1. The van der Waals surface area contributed by atoms with E-state index in [-0.39, 0.29) is 11.8 Å². The van der Waals surface area contributed by atoms with Crippen LogP contribution < -0.4 is 20.1 Å². The third-order valence-corrected chi connectivity index (χ3v) is 5.96. The van der Waals surface area contributed by atoms with Crippen LogP contribution in [-0.2, 0) is 4.79 Å². The fourth-order valence-electron chi connectivity index (χ4n) is 3.93. The van der Waals surface area contributed by atoms with E-state index in [0.717, 1.165) is 57.4 Å². The van der Waals surface area contributed by atoms with Crippen LogP contribution in [-0.4, -0.2) is 49.5 Å². The van der Waals surface area contributed by atoms with Gasteiger partial charge in [-0.1, -0.05) is 33.1 Å². The molecule has 0 aliphatic carbocycles. The maximum Gasteiger partial charge on any atom is 0.255 e. The highest BCUT2D eigenvalue weighted by molar-refractivity contribution is 5.99. The van der Waals surface area contributed by atoms with Crippen molar-refractivity contribution in [3.8, 4) is 17.2 Å². The summed E-state index contributed by atoms with van der Waals surface area (Å²) in [6.45, 7) is 7.74. The number of unbranched alkanes of at least 4 members (excludes halogenated alkanes) is 2. The predicted octanol–water partition coefficient (Wildman–Crippen LogP) is 5.61. The van der Waals surface area contributed by atoms with Gasteiger partial charge in [0, 0.05) is 12.2 Å².